The van der Waals surface area contributed by atoms with Crippen molar-refractivity contribution in [3.63, 3.8) is 0 Å². The van der Waals surface area contributed by atoms with E-state index in [2.05, 4.69) is 0 Å². The smallest absolute Gasteiger partial charge is 0.402 e. The van der Waals surface area contributed by atoms with Crippen LogP contribution in [-0.2, 0) is 9.59 Å². The molecular weight excluding hydrogens is 202 g/mol. The maximum atomic E-state index is 10.7. The number of aromatic nitrogens is 1. The predicted octanol–water partition coefficient (Wildman–Crippen LogP) is -0.310. The van der Waals surface area contributed by atoms with Crippen molar-refractivity contribution >= 4 is 17.6 Å². The van der Waals surface area contributed by atoms with Gasteiger partial charge < -0.3 is 15.3 Å². The van der Waals surface area contributed by atoms with Crippen LogP contribution in [0.3, 0.4) is 0 Å². The fourth-order valence-electron chi connectivity index (χ4n) is 0.976. The van der Waals surface area contributed by atoms with Gasteiger partial charge in [0, 0.05) is 6.07 Å². The molecule has 6 nitrogen and oxygen atoms in total. The molecule has 0 aromatic carbocycles. The summed E-state index contributed by atoms with van der Waals surface area (Å²) in [5.41, 5.74) is -0.460. The zero-order valence-corrected chi connectivity index (χ0v) is 7.49. The summed E-state index contributed by atoms with van der Waals surface area (Å²) in [5, 5.41) is 26.3. The van der Waals surface area contributed by atoms with Crippen LogP contribution in [0.4, 0.5) is 0 Å². The largest absolute Gasteiger partial charge is 0.503 e. The molecule has 0 saturated heterocycles. The molecule has 0 atom stereocenters. The van der Waals surface area contributed by atoms with Crippen LogP contribution in [0, 0.1) is 0 Å². The van der Waals surface area contributed by atoms with Crippen molar-refractivity contribution in [1.82, 2.24) is 0 Å². The van der Waals surface area contributed by atoms with E-state index >= 15 is 0 Å². The van der Waals surface area contributed by atoms with Crippen molar-refractivity contribution in [2.45, 2.75) is 0 Å². The molecule has 0 aliphatic heterocycles. The second kappa shape index (κ2) is 4.23. The maximum absolute atomic E-state index is 10.7. The lowest BCUT2D eigenvalue weighted by atomic mass is 10.3. The van der Waals surface area contributed by atoms with Gasteiger partial charge in [0.2, 0.25) is 6.20 Å². The highest BCUT2D eigenvalue weighted by molar-refractivity contribution is 6.09. The summed E-state index contributed by atoms with van der Waals surface area (Å²) in [6.07, 6.45) is 2.97. The molecule has 78 valence electrons. The van der Waals surface area contributed by atoms with Gasteiger partial charge in [-0.25, -0.2) is 9.59 Å². The number of aliphatic carboxylic acids is 2. The van der Waals surface area contributed by atoms with Gasteiger partial charge in [-0.1, -0.05) is 0 Å². The second-order valence-corrected chi connectivity index (χ2v) is 2.64. The van der Waals surface area contributed by atoms with Gasteiger partial charge in [0.25, 0.3) is 0 Å². The van der Waals surface area contributed by atoms with Gasteiger partial charge in [0.05, 0.1) is 0 Å². The molecule has 0 aliphatic rings. The molecular formula is C9H8NO5+. The number of rotatable bonds is 3. The first-order valence-electron chi connectivity index (χ1n) is 3.89. The number of aromatic hydroxyl groups is 1. The van der Waals surface area contributed by atoms with Gasteiger partial charge in [0.1, 0.15) is 6.08 Å². The van der Waals surface area contributed by atoms with Gasteiger partial charge in [0.15, 0.2) is 11.9 Å². The second-order valence-electron chi connectivity index (χ2n) is 2.64. The summed E-state index contributed by atoms with van der Waals surface area (Å²) in [5.74, 6) is -2.92. The minimum absolute atomic E-state index is 0.157. The summed E-state index contributed by atoms with van der Waals surface area (Å²) in [7, 11) is 0. The quantitative estimate of drug-likeness (QED) is 0.469. The van der Waals surface area contributed by atoms with Gasteiger partial charge in [-0.3, -0.25) is 0 Å². The molecule has 1 heterocycles. The lowest BCUT2D eigenvalue weighted by molar-refractivity contribution is -0.578. The molecule has 1 aromatic rings. The van der Waals surface area contributed by atoms with Crippen molar-refractivity contribution < 1.29 is 29.5 Å². The number of hydrogen-bond acceptors (Lipinski definition) is 3. The monoisotopic (exact) mass is 210 g/mol. The lowest BCUT2D eigenvalue weighted by Crippen LogP contribution is -2.35. The molecule has 0 spiro atoms. The standard InChI is InChI=1S/C9H7NO5/c11-6-2-1-3-10(5-6)7(9(14)15)4-8(12)13/h1-5H,(H2-,11,12,13,14,15)/p+1/b7-4-. The molecule has 15 heavy (non-hydrogen) atoms. The Bertz CT molecular complexity index is 438. The fourth-order valence-corrected chi connectivity index (χ4v) is 0.976. The summed E-state index contributed by atoms with van der Waals surface area (Å²) < 4.78 is 1.01. The van der Waals surface area contributed by atoms with Crippen LogP contribution in [0.2, 0.25) is 0 Å². The number of carboxylic acid groups (broad SMARTS) is 2. The van der Waals surface area contributed by atoms with Gasteiger partial charge in [-0.05, 0) is 6.07 Å². The summed E-state index contributed by atoms with van der Waals surface area (Å²) in [6.45, 7) is 0. The Morgan fingerprint density at radius 2 is 2.00 bits per heavy atom. The number of carboxylic acids is 2. The predicted molar refractivity (Wildman–Crippen MR) is 47.8 cm³/mol. The van der Waals surface area contributed by atoms with Crippen molar-refractivity contribution in [3.05, 3.63) is 30.6 Å². The van der Waals surface area contributed by atoms with Crippen molar-refractivity contribution in [3.8, 4) is 5.75 Å². The van der Waals surface area contributed by atoms with E-state index in [1.165, 1.54) is 18.3 Å². The SMILES string of the molecule is O=C(O)/C=C(/C(=O)O)[n+]1cccc(O)c1. The maximum Gasteiger partial charge on any atom is 0.402 e. The Morgan fingerprint density at radius 3 is 2.47 bits per heavy atom. The zero-order chi connectivity index (χ0) is 11.4. The van der Waals surface area contributed by atoms with Crippen molar-refractivity contribution in [1.29, 1.82) is 0 Å². The minimum atomic E-state index is -1.40. The Hall–Kier alpha value is -2.37. The molecule has 1 aromatic heterocycles. The van der Waals surface area contributed by atoms with E-state index in [1.807, 2.05) is 0 Å². The van der Waals surface area contributed by atoms with Crippen LogP contribution in [0.25, 0.3) is 5.70 Å². The normalized spacial score (nSPS) is 11.1. The minimum Gasteiger partial charge on any atom is -0.503 e. The number of carbonyl (C=O) groups is 2. The first kappa shape index (κ1) is 10.7. The first-order valence-corrected chi connectivity index (χ1v) is 3.89. The summed E-state index contributed by atoms with van der Waals surface area (Å²) in [6, 6.07) is 2.74. The van der Waals surface area contributed by atoms with Crippen LogP contribution in [0.15, 0.2) is 30.6 Å². The highest BCUT2D eigenvalue weighted by Gasteiger charge is 2.20. The van der Waals surface area contributed by atoms with E-state index in [4.69, 9.17) is 15.3 Å². The molecule has 0 fully saturated rings. The third-order valence-electron chi connectivity index (χ3n) is 1.54. The van der Waals surface area contributed by atoms with Crippen LogP contribution in [-0.4, -0.2) is 27.3 Å². The van der Waals surface area contributed by atoms with Gasteiger partial charge >= 0.3 is 17.6 Å². The Labute approximate surface area is 84.3 Å². The third kappa shape index (κ3) is 2.80. The number of hydrogen-bond donors (Lipinski definition) is 3. The molecule has 0 bridgehead atoms. The lowest BCUT2D eigenvalue weighted by Gasteiger charge is -1.95. The van der Waals surface area contributed by atoms with Gasteiger partial charge in [-0.2, -0.15) is 4.57 Å². The van der Waals surface area contributed by atoms with E-state index < -0.39 is 17.6 Å². The van der Waals surface area contributed by atoms with Gasteiger partial charge in [-0.15, -0.1) is 0 Å². The summed E-state index contributed by atoms with van der Waals surface area (Å²) >= 11 is 0. The van der Waals surface area contributed by atoms with E-state index in [1.54, 1.807) is 0 Å². The number of nitrogens with zero attached hydrogens (tertiary/aromatic N) is 1. The van der Waals surface area contributed by atoms with E-state index in [-0.39, 0.29) is 5.75 Å². The average molecular weight is 210 g/mol. The Kier molecular flexibility index (Phi) is 3.02. The molecule has 0 aliphatic carbocycles. The molecule has 3 N–H and O–H groups in total. The van der Waals surface area contributed by atoms with Crippen molar-refractivity contribution in [2.75, 3.05) is 0 Å². The highest BCUT2D eigenvalue weighted by atomic mass is 16.4. The van der Waals surface area contributed by atoms with E-state index in [0.717, 1.165) is 10.8 Å². The zero-order valence-electron chi connectivity index (χ0n) is 7.49. The van der Waals surface area contributed by atoms with Crippen LogP contribution < -0.4 is 4.57 Å². The topological polar surface area (TPSA) is 98.7 Å². The Balaban J connectivity index is 3.22. The van der Waals surface area contributed by atoms with Crippen LogP contribution >= 0.6 is 0 Å². The van der Waals surface area contributed by atoms with E-state index in [9.17, 15) is 9.59 Å². The molecule has 0 saturated carbocycles. The summed E-state index contributed by atoms with van der Waals surface area (Å²) in [4.78, 5) is 21.1. The van der Waals surface area contributed by atoms with Crippen molar-refractivity contribution in [2.24, 2.45) is 0 Å². The van der Waals surface area contributed by atoms with Crippen LogP contribution in [0.5, 0.6) is 5.75 Å². The molecule has 0 radical (unpaired) electrons. The molecule has 0 unspecified atom stereocenters. The highest BCUT2D eigenvalue weighted by Crippen LogP contribution is 2.03. The van der Waals surface area contributed by atoms with E-state index in [0.29, 0.717) is 6.08 Å². The fraction of sp³-hybridized carbons (Fsp3) is 0. The first-order chi connectivity index (χ1) is 7.00. The van der Waals surface area contributed by atoms with Crippen LogP contribution in [0.1, 0.15) is 0 Å². The third-order valence-corrected chi connectivity index (χ3v) is 1.54. The molecule has 0 amide bonds. The Morgan fingerprint density at radius 1 is 1.33 bits per heavy atom. The number of pyridine rings is 1. The average Bonchev–Trinajstić information content (AvgIpc) is 2.13. The molecule has 1 rings (SSSR count). The molecule has 6 heteroatoms.